The van der Waals surface area contributed by atoms with Crippen LogP contribution in [-0.4, -0.2) is 47.3 Å². The molecule has 148 valence electrons. The van der Waals surface area contributed by atoms with Crippen molar-refractivity contribution < 1.29 is 27.2 Å². The number of aryl methyl sites for hydroxylation is 2. The highest BCUT2D eigenvalue weighted by molar-refractivity contribution is 7.89. The van der Waals surface area contributed by atoms with Gasteiger partial charge in [0.1, 0.15) is 10.6 Å². The summed E-state index contributed by atoms with van der Waals surface area (Å²) in [6.07, 6.45) is -0.0204. The van der Waals surface area contributed by atoms with Gasteiger partial charge in [-0.2, -0.15) is 0 Å². The third kappa shape index (κ3) is 4.58. The van der Waals surface area contributed by atoms with Gasteiger partial charge in [-0.05, 0) is 26.0 Å². The highest BCUT2D eigenvalue weighted by Gasteiger charge is 2.24. The molecule has 0 aliphatic rings. The molecule has 1 heterocycles. The van der Waals surface area contributed by atoms with E-state index in [1.165, 1.54) is 26.0 Å². The minimum atomic E-state index is -3.80. The maximum atomic E-state index is 12.4. The summed E-state index contributed by atoms with van der Waals surface area (Å²) in [7, 11) is 0.838. The molecule has 1 amide bonds. The Hall–Kier alpha value is -2.59. The first-order valence-corrected chi connectivity index (χ1v) is 9.60. The minimum Gasteiger partial charge on any atom is -0.493 e. The summed E-state index contributed by atoms with van der Waals surface area (Å²) in [5.41, 5.74) is 0.875. The van der Waals surface area contributed by atoms with Crippen LogP contribution in [0.3, 0.4) is 0 Å². The highest BCUT2D eigenvalue weighted by atomic mass is 32.2. The zero-order chi connectivity index (χ0) is 20.2. The number of carbonyl (C=O) groups is 1. The topological polar surface area (TPSA) is 111 Å². The smallest absolute Gasteiger partial charge is 0.245 e. The number of anilines is 1. The normalized spacial score (nSPS) is 11.3. The Morgan fingerprint density at radius 3 is 2.44 bits per heavy atom. The van der Waals surface area contributed by atoms with Crippen molar-refractivity contribution in [1.82, 2.24) is 9.88 Å². The van der Waals surface area contributed by atoms with Crippen molar-refractivity contribution in [3.05, 3.63) is 29.7 Å². The molecule has 2 aromatic rings. The van der Waals surface area contributed by atoms with Crippen molar-refractivity contribution in [2.75, 3.05) is 32.7 Å². The molecule has 2 rings (SSSR count). The average molecular weight is 397 g/mol. The quantitative estimate of drug-likeness (QED) is 0.721. The lowest BCUT2D eigenvalue weighted by atomic mass is 10.2. The summed E-state index contributed by atoms with van der Waals surface area (Å²) in [4.78, 5) is 13.8. The monoisotopic (exact) mass is 397 g/mol. The molecule has 0 unspecified atom stereocenters. The van der Waals surface area contributed by atoms with Gasteiger partial charge >= 0.3 is 0 Å². The van der Waals surface area contributed by atoms with Crippen molar-refractivity contribution in [2.24, 2.45) is 0 Å². The fourth-order valence-corrected chi connectivity index (χ4v) is 3.93. The number of carbonyl (C=O) groups excluding carboxylic acids is 1. The van der Waals surface area contributed by atoms with E-state index >= 15 is 0 Å². The van der Waals surface area contributed by atoms with Crippen molar-refractivity contribution in [1.29, 1.82) is 0 Å². The molecular formula is C17H23N3O6S. The van der Waals surface area contributed by atoms with Gasteiger partial charge in [0.05, 0.1) is 14.2 Å². The lowest BCUT2D eigenvalue weighted by molar-refractivity contribution is -0.118. The van der Waals surface area contributed by atoms with E-state index in [1.54, 1.807) is 32.2 Å². The number of aromatic nitrogens is 1. The largest absolute Gasteiger partial charge is 0.493 e. The number of rotatable bonds is 8. The van der Waals surface area contributed by atoms with E-state index < -0.39 is 10.0 Å². The Kier molecular flexibility index (Phi) is 6.45. The van der Waals surface area contributed by atoms with Gasteiger partial charge in [-0.3, -0.25) is 4.79 Å². The average Bonchev–Trinajstić information content (AvgIpc) is 2.99. The third-order valence-corrected chi connectivity index (χ3v) is 5.70. The number of sulfonamides is 1. The number of nitrogens with zero attached hydrogens (tertiary/aromatic N) is 2. The molecule has 1 N–H and O–H groups in total. The Morgan fingerprint density at radius 1 is 1.22 bits per heavy atom. The molecule has 0 bridgehead atoms. The Balaban J connectivity index is 2.01. The van der Waals surface area contributed by atoms with Crippen LogP contribution in [0.2, 0.25) is 0 Å². The Morgan fingerprint density at radius 2 is 1.89 bits per heavy atom. The second-order valence-corrected chi connectivity index (χ2v) is 7.50. The number of nitrogens with one attached hydrogen (secondary N) is 1. The van der Waals surface area contributed by atoms with Crippen molar-refractivity contribution >= 4 is 21.6 Å². The molecule has 0 saturated carbocycles. The Labute approximate surface area is 158 Å². The number of hydrogen-bond donors (Lipinski definition) is 1. The van der Waals surface area contributed by atoms with Gasteiger partial charge < -0.3 is 18.9 Å². The van der Waals surface area contributed by atoms with Gasteiger partial charge in [0.15, 0.2) is 17.3 Å². The minimum absolute atomic E-state index is 0.00296. The fourth-order valence-electron chi connectivity index (χ4n) is 2.57. The van der Waals surface area contributed by atoms with Crippen LogP contribution in [0.15, 0.2) is 27.6 Å². The standard InChI is InChI=1S/C17H23N3O6S/c1-11-17(12(2)26-19-11)27(22,23)18-9-8-16(21)20(3)13-6-7-14(24-4)15(10-13)25-5/h6-7,10,18H,8-9H2,1-5H3. The van der Waals surface area contributed by atoms with E-state index in [2.05, 4.69) is 9.88 Å². The summed E-state index contributed by atoms with van der Waals surface area (Å²) in [5.74, 6) is 0.987. The van der Waals surface area contributed by atoms with Crippen LogP contribution in [0.5, 0.6) is 11.5 Å². The van der Waals surface area contributed by atoms with Crippen LogP contribution in [-0.2, 0) is 14.8 Å². The van der Waals surface area contributed by atoms with Crippen molar-refractivity contribution in [3.8, 4) is 11.5 Å². The second kappa shape index (κ2) is 8.40. The first-order chi connectivity index (χ1) is 12.7. The van der Waals surface area contributed by atoms with Gasteiger partial charge in [-0.15, -0.1) is 0 Å². The van der Waals surface area contributed by atoms with Crippen LogP contribution in [0, 0.1) is 13.8 Å². The van der Waals surface area contributed by atoms with Crippen LogP contribution in [0.25, 0.3) is 0 Å². The lowest BCUT2D eigenvalue weighted by Gasteiger charge is -2.19. The molecule has 0 aliphatic carbocycles. The van der Waals surface area contributed by atoms with E-state index in [0.717, 1.165) is 0 Å². The van der Waals surface area contributed by atoms with Crippen LogP contribution in [0.4, 0.5) is 5.69 Å². The maximum Gasteiger partial charge on any atom is 0.245 e. The zero-order valence-electron chi connectivity index (χ0n) is 15.9. The predicted molar refractivity (Wildman–Crippen MR) is 98.7 cm³/mol. The molecule has 0 atom stereocenters. The van der Waals surface area contributed by atoms with E-state index in [-0.39, 0.29) is 35.2 Å². The maximum absolute atomic E-state index is 12.4. The van der Waals surface area contributed by atoms with Crippen LogP contribution >= 0.6 is 0 Å². The summed E-state index contributed by atoms with van der Waals surface area (Å²) in [5, 5.41) is 3.63. The SMILES string of the molecule is COc1ccc(N(C)C(=O)CCNS(=O)(=O)c2c(C)noc2C)cc1OC. The molecular weight excluding hydrogens is 374 g/mol. The molecule has 0 spiro atoms. The number of hydrogen-bond acceptors (Lipinski definition) is 7. The lowest BCUT2D eigenvalue weighted by Crippen LogP contribution is -2.32. The summed E-state index contributed by atoms with van der Waals surface area (Å²) < 4.78 is 42.4. The molecule has 0 saturated heterocycles. The fraction of sp³-hybridized carbons (Fsp3) is 0.412. The number of benzene rings is 1. The molecule has 1 aromatic heterocycles. The second-order valence-electron chi connectivity index (χ2n) is 5.79. The molecule has 1 aromatic carbocycles. The van der Waals surface area contributed by atoms with Crippen LogP contribution < -0.4 is 19.1 Å². The summed E-state index contributed by atoms with van der Waals surface area (Å²) in [6, 6.07) is 5.08. The van der Waals surface area contributed by atoms with E-state index in [0.29, 0.717) is 17.2 Å². The number of ether oxygens (including phenoxy) is 2. The number of methoxy groups -OCH3 is 2. The first-order valence-electron chi connectivity index (χ1n) is 8.12. The van der Waals surface area contributed by atoms with Crippen molar-refractivity contribution in [3.63, 3.8) is 0 Å². The molecule has 0 aliphatic heterocycles. The van der Waals surface area contributed by atoms with Gasteiger partial charge in [0.2, 0.25) is 15.9 Å². The highest BCUT2D eigenvalue weighted by Crippen LogP contribution is 2.31. The van der Waals surface area contributed by atoms with Gasteiger partial charge in [-0.25, -0.2) is 13.1 Å². The predicted octanol–water partition coefficient (Wildman–Crippen LogP) is 1.64. The molecule has 9 nitrogen and oxygen atoms in total. The Bertz CT molecular complexity index is 903. The summed E-state index contributed by atoms with van der Waals surface area (Å²) >= 11 is 0. The number of amides is 1. The summed E-state index contributed by atoms with van der Waals surface area (Å²) in [6.45, 7) is 3.01. The molecule has 10 heteroatoms. The van der Waals surface area contributed by atoms with E-state index in [9.17, 15) is 13.2 Å². The first kappa shape index (κ1) is 20.7. The third-order valence-electron chi connectivity index (χ3n) is 4.00. The van der Waals surface area contributed by atoms with Gasteiger partial charge in [-0.1, -0.05) is 5.16 Å². The van der Waals surface area contributed by atoms with E-state index in [1.807, 2.05) is 0 Å². The molecule has 0 fully saturated rings. The van der Waals surface area contributed by atoms with Crippen LogP contribution in [0.1, 0.15) is 17.9 Å². The molecule has 0 radical (unpaired) electrons. The van der Waals surface area contributed by atoms with Crippen molar-refractivity contribution in [2.45, 2.75) is 25.2 Å². The van der Waals surface area contributed by atoms with Gasteiger partial charge in [0.25, 0.3) is 0 Å². The molecule has 27 heavy (non-hydrogen) atoms. The van der Waals surface area contributed by atoms with Gasteiger partial charge in [0, 0.05) is 31.8 Å². The zero-order valence-corrected chi connectivity index (χ0v) is 16.7. The van der Waals surface area contributed by atoms with E-state index in [4.69, 9.17) is 14.0 Å².